The molecule has 2 aliphatic heterocycles. The molecule has 2 aromatic rings. The first kappa shape index (κ1) is 23.6. The van der Waals surface area contributed by atoms with Crippen LogP contribution in [-0.2, 0) is 22.6 Å². The molecule has 2 fully saturated rings. The zero-order valence-corrected chi connectivity index (χ0v) is 20.3. The fourth-order valence-corrected chi connectivity index (χ4v) is 5.15. The minimum atomic E-state index is -0.0774. The van der Waals surface area contributed by atoms with Crippen molar-refractivity contribution < 1.29 is 9.59 Å². The van der Waals surface area contributed by atoms with Gasteiger partial charge in [-0.25, -0.2) is 0 Å². The summed E-state index contributed by atoms with van der Waals surface area (Å²) in [5, 5.41) is 3.49. The summed E-state index contributed by atoms with van der Waals surface area (Å²) in [5.41, 5.74) is 5.17. The molecule has 1 N–H and O–H groups in total. The standard InChI is InChI=1S/C26H33ClN4O2/c1-19-15-21(18-29-9-3-4-10-29)16-25(27)24(19)17-26(33)31-13-11-30(12-14-31)23-7-5-22(6-8-23)28-20(2)32/h5-8,15-16H,3-4,9-14,17-18H2,1-2H3,(H,28,32). The first-order chi connectivity index (χ1) is 15.9. The van der Waals surface area contributed by atoms with Gasteiger partial charge in [-0.05, 0) is 79.9 Å². The number of halogens is 1. The number of hydrogen-bond acceptors (Lipinski definition) is 4. The second-order valence-corrected chi connectivity index (χ2v) is 9.54. The van der Waals surface area contributed by atoms with Gasteiger partial charge in [0.1, 0.15) is 0 Å². The third kappa shape index (κ3) is 6.06. The topological polar surface area (TPSA) is 55.9 Å². The van der Waals surface area contributed by atoms with E-state index in [-0.39, 0.29) is 11.8 Å². The largest absolute Gasteiger partial charge is 0.368 e. The van der Waals surface area contributed by atoms with Crippen LogP contribution in [0.3, 0.4) is 0 Å². The number of amides is 2. The van der Waals surface area contributed by atoms with E-state index in [9.17, 15) is 9.59 Å². The minimum absolute atomic E-state index is 0.0774. The third-order valence-electron chi connectivity index (χ3n) is 6.60. The van der Waals surface area contributed by atoms with E-state index in [2.05, 4.69) is 28.1 Å². The molecule has 4 rings (SSSR count). The minimum Gasteiger partial charge on any atom is -0.368 e. The quantitative estimate of drug-likeness (QED) is 0.693. The van der Waals surface area contributed by atoms with Crippen molar-refractivity contribution in [3.8, 4) is 0 Å². The zero-order chi connectivity index (χ0) is 23.4. The number of nitrogens with one attached hydrogen (secondary N) is 1. The molecular formula is C26H33ClN4O2. The van der Waals surface area contributed by atoms with Gasteiger partial charge >= 0.3 is 0 Å². The van der Waals surface area contributed by atoms with Gasteiger partial charge < -0.3 is 15.1 Å². The molecule has 2 saturated heterocycles. The van der Waals surface area contributed by atoms with Crippen LogP contribution in [-0.4, -0.2) is 60.9 Å². The van der Waals surface area contributed by atoms with Crippen molar-refractivity contribution in [1.29, 1.82) is 0 Å². The lowest BCUT2D eigenvalue weighted by Gasteiger charge is -2.36. The van der Waals surface area contributed by atoms with Gasteiger partial charge in [0, 0.05) is 56.0 Å². The average molecular weight is 469 g/mol. The molecule has 2 heterocycles. The van der Waals surface area contributed by atoms with Crippen LogP contribution >= 0.6 is 11.6 Å². The fraction of sp³-hybridized carbons (Fsp3) is 0.462. The summed E-state index contributed by atoms with van der Waals surface area (Å²) in [6, 6.07) is 12.1. The van der Waals surface area contributed by atoms with Crippen LogP contribution in [0.15, 0.2) is 36.4 Å². The normalized spacial score (nSPS) is 16.8. The summed E-state index contributed by atoms with van der Waals surface area (Å²) < 4.78 is 0. The fourth-order valence-electron chi connectivity index (χ4n) is 4.80. The van der Waals surface area contributed by atoms with Gasteiger partial charge in [-0.2, -0.15) is 0 Å². The van der Waals surface area contributed by atoms with Crippen molar-refractivity contribution in [2.24, 2.45) is 0 Å². The number of nitrogens with zero attached hydrogens (tertiary/aromatic N) is 3. The van der Waals surface area contributed by atoms with Crippen molar-refractivity contribution in [2.45, 2.75) is 39.7 Å². The van der Waals surface area contributed by atoms with Gasteiger partial charge in [0.2, 0.25) is 11.8 Å². The van der Waals surface area contributed by atoms with Crippen LogP contribution in [0.4, 0.5) is 11.4 Å². The molecule has 0 aromatic heterocycles. The number of piperazine rings is 1. The summed E-state index contributed by atoms with van der Waals surface area (Å²) in [6.07, 6.45) is 2.89. The van der Waals surface area contributed by atoms with E-state index in [1.54, 1.807) is 0 Å². The average Bonchev–Trinajstić information content (AvgIpc) is 3.29. The zero-order valence-electron chi connectivity index (χ0n) is 19.6. The Morgan fingerprint density at radius 3 is 2.24 bits per heavy atom. The highest BCUT2D eigenvalue weighted by atomic mass is 35.5. The Morgan fingerprint density at radius 1 is 0.970 bits per heavy atom. The molecule has 0 aliphatic carbocycles. The summed E-state index contributed by atoms with van der Waals surface area (Å²) in [4.78, 5) is 30.9. The lowest BCUT2D eigenvalue weighted by atomic mass is 10.0. The van der Waals surface area contributed by atoms with E-state index in [0.717, 1.165) is 55.2 Å². The second kappa shape index (κ2) is 10.6. The maximum absolute atomic E-state index is 13.0. The van der Waals surface area contributed by atoms with Crippen LogP contribution in [0.5, 0.6) is 0 Å². The van der Waals surface area contributed by atoms with E-state index in [1.807, 2.05) is 35.2 Å². The molecule has 176 valence electrons. The molecule has 2 aromatic carbocycles. The van der Waals surface area contributed by atoms with E-state index in [1.165, 1.54) is 25.3 Å². The van der Waals surface area contributed by atoms with Gasteiger partial charge in [0.25, 0.3) is 0 Å². The number of carbonyl (C=O) groups is 2. The van der Waals surface area contributed by atoms with Crippen molar-refractivity contribution >= 4 is 34.8 Å². The van der Waals surface area contributed by atoms with Gasteiger partial charge in [-0.1, -0.05) is 17.7 Å². The molecule has 0 radical (unpaired) electrons. The van der Waals surface area contributed by atoms with E-state index in [0.29, 0.717) is 24.5 Å². The lowest BCUT2D eigenvalue weighted by molar-refractivity contribution is -0.130. The summed E-state index contributed by atoms with van der Waals surface area (Å²) >= 11 is 6.63. The Kier molecular flexibility index (Phi) is 7.56. The van der Waals surface area contributed by atoms with Gasteiger partial charge in [0.05, 0.1) is 6.42 Å². The highest BCUT2D eigenvalue weighted by molar-refractivity contribution is 6.31. The Balaban J connectivity index is 1.32. The highest BCUT2D eigenvalue weighted by Crippen LogP contribution is 2.26. The van der Waals surface area contributed by atoms with Gasteiger partial charge in [-0.3, -0.25) is 14.5 Å². The van der Waals surface area contributed by atoms with Crippen LogP contribution in [0.2, 0.25) is 5.02 Å². The maximum atomic E-state index is 13.0. The van der Waals surface area contributed by atoms with E-state index < -0.39 is 0 Å². The molecule has 0 unspecified atom stereocenters. The van der Waals surface area contributed by atoms with Crippen molar-refractivity contribution in [3.63, 3.8) is 0 Å². The monoisotopic (exact) mass is 468 g/mol. The van der Waals surface area contributed by atoms with Crippen LogP contribution < -0.4 is 10.2 Å². The smallest absolute Gasteiger partial charge is 0.227 e. The Hall–Kier alpha value is -2.57. The van der Waals surface area contributed by atoms with Crippen LogP contribution in [0.1, 0.15) is 36.5 Å². The number of anilines is 2. The summed E-state index contributed by atoms with van der Waals surface area (Å²) in [5.74, 6) is 0.0550. The predicted molar refractivity (Wildman–Crippen MR) is 134 cm³/mol. The highest BCUT2D eigenvalue weighted by Gasteiger charge is 2.23. The van der Waals surface area contributed by atoms with Crippen molar-refractivity contribution in [1.82, 2.24) is 9.80 Å². The van der Waals surface area contributed by atoms with Gasteiger partial charge in [-0.15, -0.1) is 0 Å². The molecule has 0 spiro atoms. The lowest BCUT2D eigenvalue weighted by Crippen LogP contribution is -2.49. The number of hydrogen-bond donors (Lipinski definition) is 1. The molecule has 0 atom stereocenters. The van der Waals surface area contributed by atoms with E-state index >= 15 is 0 Å². The first-order valence-electron chi connectivity index (χ1n) is 11.8. The predicted octanol–water partition coefficient (Wildman–Crippen LogP) is 4.09. The number of likely N-dealkylation sites (tertiary alicyclic amines) is 1. The molecule has 6 nitrogen and oxygen atoms in total. The van der Waals surface area contributed by atoms with Crippen molar-refractivity contribution in [3.05, 3.63) is 58.1 Å². The number of rotatable bonds is 6. The Morgan fingerprint density at radius 2 is 1.64 bits per heavy atom. The summed E-state index contributed by atoms with van der Waals surface area (Å²) in [7, 11) is 0. The van der Waals surface area contributed by atoms with Crippen LogP contribution in [0.25, 0.3) is 0 Å². The molecule has 0 saturated carbocycles. The number of aryl methyl sites for hydroxylation is 1. The summed E-state index contributed by atoms with van der Waals surface area (Å²) in [6.45, 7) is 9.75. The third-order valence-corrected chi connectivity index (χ3v) is 6.93. The SMILES string of the molecule is CC(=O)Nc1ccc(N2CCN(C(=O)Cc3c(C)cc(CN4CCCC4)cc3Cl)CC2)cc1. The number of carbonyl (C=O) groups excluding carboxylic acids is 2. The van der Waals surface area contributed by atoms with Crippen LogP contribution in [0, 0.1) is 6.92 Å². The molecule has 2 aliphatic rings. The van der Waals surface area contributed by atoms with E-state index in [4.69, 9.17) is 11.6 Å². The van der Waals surface area contributed by atoms with Crippen molar-refractivity contribution in [2.75, 3.05) is 49.5 Å². The molecular weight excluding hydrogens is 436 g/mol. The maximum Gasteiger partial charge on any atom is 0.227 e. The molecule has 7 heteroatoms. The Bertz CT molecular complexity index is 971. The second-order valence-electron chi connectivity index (χ2n) is 9.13. The van der Waals surface area contributed by atoms with Gasteiger partial charge in [0.15, 0.2) is 0 Å². The molecule has 33 heavy (non-hydrogen) atoms. The molecule has 2 amide bonds. The first-order valence-corrected chi connectivity index (χ1v) is 12.2. The number of benzene rings is 2. The Labute approximate surface area is 201 Å². The molecule has 0 bridgehead atoms.